The number of carbonyl (C=O) groups excluding carboxylic acids is 2. The van der Waals surface area contributed by atoms with E-state index in [-0.39, 0.29) is 17.9 Å². The molecule has 2 amide bonds. The SMILES string of the molecule is COc1cc(OC)cc(C(=O)NC2CCN(CC(=O)NCc3cccs3)CC2)c1. The summed E-state index contributed by atoms with van der Waals surface area (Å²) in [6.07, 6.45) is 1.62. The van der Waals surface area contributed by atoms with Crippen LogP contribution < -0.4 is 20.1 Å². The second-order valence-electron chi connectivity index (χ2n) is 6.98. The van der Waals surface area contributed by atoms with Crippen molar-refractivity contribution in [1.29, 1.82) is 0 Å². The molecule has 1 aliphatic heterocycles. The predicted octanol–water partition coefficient (Wildman–Crippen LogP) is 2.28. The van der Waals surface area contributed by atoms with Crippen LogP contribution in [0.2, 0.25) is 0 Å². The normalized spacial score (nSPS) is 15.0. The molecule has 0 aliphatic carbocycles. The predicted molar refractivity (Wildman–Crippen MR) is 113 cm³/mol. The molecule has 0 atom stereocenters. The fourth-order valence-electron chi connectivity index (χ4n) is 3.30. The number of likely N-dealkylation sites (tertiary alicyclic amines) is 1. The summed E-state index contributed by atoms with van der Waals surface area (Å²) >= 11 is 1.64. The lowest BCUT2D eigenvalue weighted by atomic mass is 10.0. The van der Waals surface area contributed by atoms with E-state index in [9.17, 15) is 9.59 Å². The number of nitrogens with zero attached hydrogens (tertiary/aromatic N) is 1. The fraction of sp³-hybridized carbons (Fsp3) is 0.429. The van der Waals surface area contributed by atoms with Crippen molar-refractivity contribution >= 4 is 23.2 Å². The molecule has 1 aromatic carbocycles. The van der Waals surface area contributed by atoms with E-state index >= 15 is 0 Å². The minimum atomic E-state index is -0.144. The molecule has 8 heteroatoms. The van der Waals surface area contributed by atoms with E-state index in [0.29, 0.717) is 30.2 Å². The molecule has 156 valence electrons. The van der Waals surface area contributed by atoms with Gasteiger partial charge in [0, 0.05) is 35.6 Å². The average molecular weight is 418 g/mol. The largest absolute Gasteiger partial charge is 0.497 e. The van der Waals surface area contributed by atoms with Crippen LogP contribution in [0.25, 0.3) is 0 Å². The Bertz CT molecular complexity index is 795. The molecule has 0 saturated carbocycles. The van der Waals surface area contributed by atoms with Crippen LogP contribution in [0.1, 0.15) is 28.1 Å². The van der Waals surface area contributed by atoms with Crippen molar-refractivity contribution < 1.29 is 19.1 Å². The van der Waals surface area contributed by atoms with Crippen molar-refractivity contribution in [3.8, 4) is 11.5 Å². The van der Waals surface area contributed by atoms with Gasteiger partial charge in [0.1, 0.15) is 11.5 Å². The topological polar surface area (TPSA) is 79.9 Å². The number of hydrogen-bond donors (Lipinski definition) is 2. The first kappa shape index (κ1) is 21.1. The smallest absolute Gasteiger partial charge is 0.251 e. The van der Waals surface area contributed by atoms with Gasteiger partial charge < -0.3 is 20.1 Å². The molecule has 2 N–H and O–H groups in total. The van der Waals surface area contributed by atoms with Gasteiger partial charge in [0.25, 0.3) is 5.91 Å². The maximum atomic E-state index is 12.6. The minimum Gasteiger partial charge on any atom is -0.497 e. The van der Waals surface area contributed by atoms with Crippen molar-refractivity contribution in [2.24, 2.45) is 0 Å². The number of nitrogens with one attached hydrogen (secondary N) is 2. The third kappa shape index (κ3) is 6.20. The van der Waals surface area contributed by atoms with Crippen molar-refractivity contribution in [3.05, 3.63) is 46.2 Å². The van der Waals surface area contributed by atoms with Crippen LogP contribution in [0.15, 0.2) is 35.7 Å². The van der Waals surface area contributed by atoms with Gasteiger partial charge in [-0.1, -0.05) is 6.07 Å². The van der Waals surface area contributed by atoms with E-state index in [2.05, 4.69) is 15.5 Å². The van der Waals surface area contributed by atoms with Gasteiger partial charge in [-0.05, 0) is 36.4 Å². The first-order valence-corrected chi connectivity index (χ1v) is 10.5. The second kappa shape index (κ2) is 10.3. The summed E-state index contributed by atoms with van der Waals surface area (Å²) in [5.74, 6) is 1.05. The maximum Gasteiger partial charge on any atom is 0.251 e. The number of ether oxygens (including phenoxy) is 2. The summed E-state index contributed by atoms with van der Waals surface area (Å²) in [6.45, 7) is 2.52. The first-order valence-electron chi connectivity index (χ1n) is 9.62. The molecule has 0 spiro atoms. The molecular weight excluding hydrogens is 390 g/mol. The van der Waals surface area contributed by atoms with E-state index in [1.807, 2.05) is 17.5 Å². The third-order valence-electron chi connectivity index (χ3n) is 4.94. The molecule has 1 saturated heterocycles. The van der Waals surface area contributed by atoms with Crippen LogP contribution in [-0.4, -0.2) is 56.6 Å². The highest BCUT2D eigenvalue weighted by Crippen LogP contribution is 2.23. The highest BCUT2D eigenvalue weighted by Gasteiger charge is 2.23. The number of amides is 2. The van der Waals surface area contributed by atoms with Crippen molar-refractivity contribution in [3.63, 3.8) is 0 Å². The molecule has 1 aromatic heterocycles. The van der Waals surface area contributed by atoms with Crippen molar-refractivity contribution in [2.75, 3.05) is 33.9 Å². The Morgan fingerprint density at radius 2 is 1.83 bits per heavy atom. The summed E-state index contributed by atoms with van der Waals surface area (Å²) in [5, 5.41) is 8.04. The lowest BCUT2D eigenvalue weighted by Crippen LogP contribution is -2.47. The molecule has 1 fully saturated rings. The first-order chi connectivity index (χ1) is 14.1. The zero-order valence-electron chi connectivity index (χ0n) is 16.8. The number of hydrogen-bond acceptors (Lipinski definition) is 6. The van der Waals surface area contributed by atoms with Crippen molar-refractivity contribution in [1.82, 2.24) is 15.5 Å². The Kier molecular flexibility index (Phi) is 7.48. The monoisotopic (exact) mass is 417 g/mol. The summed E-state index contributed by atoms with van der Waals surface area (Å²) in [5.41, 5.74) is 0.511. The van der Waals surface area contributed by atoms with E-state index < -0.39 is 0 Å². The Hall–Kier alpha value is -2.58. The van der Waals surface area contributed by atoms with Gasteiger partial charge >= 0.3 is 0 Å². The summed E-state index contributed by atoms with van der Waals surface area (Å²) in [4.78, 5) is 28.0. The van der Waals surface area contributed by atoms with Crippen LogP contribution >= 0.6 is 11.3 Å². The van der Waals surface area contributed by atoms with Gasteiger partial charge in [-0.2, -0.15) is 0 Å². The van der Waals surface area contributed by atoms with Gasteiger partial charge in [-0.25, -0.2) is 0 Å². The van der Waals surface area contributed by atoms with Gasteiger partial charge in [0.2, 0.25) is 5.91 Å². The van der Waals surface area contributed by atoms with Crippen LogP contribution in [0.3, 0.4) is 0 Å². The minimum absolute atomic E-state index is 0.0318. The fourth-order valence-corrected chi connectivity index (χ4v) is 3.95. The molecule has 1 aliphatic rings. The Balaban J connectivity index is 1.43. The van der Waals surface area contributed by atoms with Crippen LogP contribution in [-0.2, 0) is 11.3 Å². The lowest BCUT2D eigenvalue weighted by molar-refractivity contribution is -0.122. The molecule has 2 heterocycles. The van der Waals surface area contributed by atoms with E-state index in [0.717, 1.165) is 30.8 Å². The molecule has 2 aromatic rings. The summed E-state index contributed by atoms with van der Waals surface area (Å²) in [6, 6.07) is 9.21. The summed E-state index contributed by atoms with van der Waals surface area (Å²) in [7, 11) is 3.12. The van der Waals surface area contributed by atoms with E-state index in [1.54, 1.807) is 43.8 Å². The number of benzene rings is 1. The number of carbonyl (C=O) groups is 2. The molecular formula is C21H27N3O4S. The van der Waals surface area contributed by atoms with Gasteiger partial charge in [0.05, 0.1) is 27.3 Å². The van der Waals surface area contributed by atoms with Crippen LogP contribution in [0.4, 0.5) is 0 Å². The molecule has 3 rings (SSSR count). The highest BCUT2D eigenvalue weighted by molar-refractivity contribution is 7.09. The Morgan fingerprint density at radius 3 is 2.41 bits per heavy atom. The summed E-state index contributed by atoms with van der Waals surface area (Å²) < 4.78 is 10.5. The standard InChI is InChI=1S/C21H27N3O4S/c1-27-17-10-15(11-18(12-17)28-2)21(26)23-16-5-7-24(8-6-16)14-20(25)22-13-19-4-3-9-29-19/h3-4,9-12,16H,5-8,13-14H2,1-2H3,(H,22,25)(H,23,26). The lowest BCUT2D eigenvalue weighted by Gasteiger charge is -2.31. The van der Waals surface area contributed by atoms with E-state index in [4.69, 9.17) is 9.47 Å². The quantitative estimate of drug-likeness (QED) is 0.689. The highest BCUT2D eigenvalue weighted by atomic mass is 32.1. The number of methoxy groups -OCH3 is 2. The molecule has 0 unspecified atom stereocenters. The number of thiophene rings is 1. The van der Waals surface area contributed by atoms with Crippen molar-refractivity contribution in [2.45, 2.75) is 25.4 Å². The maximum absolute atomic E-state index is 12.6. The molecule has 7 nitrogen and oxygen atoms in total. The molecule has 0 bridgehead atoms. The Labute approximate surface area is 175 Å². The van der Waals surface area contributed by atoms with Gasteiger partial charge in [-0.3, -0.25) is 14.5 Å². The third-order valence-corrected chi connectivity index (χ3v) is 5.82. The molecule has 29 heavy (non-hydrogen) atoms. The zero-order valence-corrected chi connectivity index (χ0v) is 17.6. The van der Waals surface area contributed by atoms with Gasteiger partial charge in [-0.15, -0.1) is 11.3 Å². The number of piperidine rings is 1. The van der Waals surface area contributed by atoms with Gasteiger partial charge in [0.15, 0.2) is 0 Å². The zero-order chi connectivity index (χ0) is 20.6. The Morgan fingerprint density at radius 1 is 1.14 bits per heavy atom. The number of rotatable bonds is 8. The average Bonchev–Trinajstić information content (AvgIpc) is 3.27. The van der Waals surface area contributed by atoms with Crippen LogP contribution in [0.5, 0.6) is 11.5 Å². The second-order valence-corrected chi connectivity index (χ2v) is 8.01. The van der Waals surface area contributed by atoms with Crippen LogP contribution in [0, 0.1) is 0 Å². The van der Waals surface area contributed by atoms with E-state index in [1.165, 1.54) is 0 Å². The molecule has 0 radical (unpaired) electrons.